The van der Waals surface area contributed by atoms with Crippen LogP contribution in [-0.4, -0.2) is 41.0 Å². The van der Waals surface area contributed by atoms with Crippen LogP contribution in [0.5, 0.6) is 0 Å². The summed E-state index contributed by atoms with van der Waals surface area (Å²) < 4.78 is 0. The Labute approximate surface area is 95.6 Å². The highest BCUT2D eigenvalue weighted by atomic mass is 16.4. The molecule has 0 spiro atoms. The third kappa shape index (κ3) is 3.20. The summed E-state index contributed by atoms with van der Waals surface area (Å²) in [5, 5.41) is 8.91. The lowest BCUT2D eigenvalue weighted by molar-refractivity contribution is -0.146. The zero-order valence-electron chi connectivity index (χ0n) is 9.69. The molecule has 0 radical (unpaired) electrons. The van der Waals surface area contributed by atoms with Gasteiger partial charge in [-0.2, -0.15) is 0 Å². The number of likely N-dealkylation sites (tertiary alicyclic amines) is 1. The smallest absolute Gasteiger partial charge is 0.308 e. The summed E-state index contributed by atoms with van der Waals surface area (Å²) in [6, 6.07) is -0.474. The van der Waals surface area contributed by atoms with Crippen molar-refractivity contribution in [3.8, 4) is 0 Å². The number of hydrogen-bond acceptors (Lipinski definition) is 3. The standard InChI is InChI=1S/C11H20N2O3/c1-2-4-9(12)10(14)13-6-3-5-8(7-13)11(15)16/h8-9H,2-7,12H2,1H3,(H,15,16)/t8?,9-/m0/s1. The van der Waals surface area contributed by atoms with Gasteiger partial charge in [-0.15, -0.1) is 0 Å². The molecule has 1 rings (SSSR count). The first-order valence-electron chi connectivity index (χ1n) is 5.83. The number of rotatable bonds is 4. The largest absolute Gasteiger partial charge is 0.481 e. The number of nitrogens with two attached hydrogens (primary N) is 1. The van der Waals surface area contributed by atoms with Crippen LogP contribution < -0.4 is 5.73 Å². The van der Waals surface area contributed by atoms with Gasteiger partial charge in [-0.05, 0) is 19.3 Å². The monoisotopic (exact) mass is 228 g/mol. The zero-order valence-corrected chi connectivity index (χ0v) is 9.69. The molecule has 0 bridgehead atoms. The molecule has 0 aliphatic carbocycles. The van der Waals surface area contributed by atoms with Crippen molar-refractivity contribution in [1.82, 2.24) is 4.90 Å². The molecule has 0 aromatic carbocycles. The quantitative estimate of drug-likeness (QED) is 0.731. The maximum absolute atomic E-state index is 11.9. The zero-order chi connectivity index (χ0) is 12.1. The number of carboxylic acids is 1. The fourth-order valence-corrected chi connectivity index (χ4v) is 2.05. The van der Waals surface area contributed by atoms with Gasteiger partial charge in [0.15, 0.2) is 0 Å². The van der Waals surface area contributed by atoms with E-state index in [0.29, 0.717) is 25.9 Å². The Hall–Kier alpha value is -1.10. The van der Waals surface area contributed by atoms with Crippen LogP contribution in [0.1, 0.15) is 32.6 Å². The Bertz CT molecular complexity index is 268. The number of aliphatic carboxylic acids is 1. The van der Waals surface area contributed by atoms with Crippen molar-refractivity contribution >= 4 is 11.9 Å². The van der Waals surface area contributed by atoms with Gasteiger partial charge < -0.3 is 15.7 Å². The van der Waals surface area contributed by atoms with Crippen LogP contribution >= 0.6 is 0 Å². The van der Waals surface area contributed by atoms with E-state index in [1.54, 1.807) is 4.90 Å². The van der Waals surface area contributed by atoms with Gasteiger partial charge in [0.1, 0.15) is 0 Å². The Balaban J connectivity index is 2.53. The van der Waals surface area contributed by atoms with Crippen molar-refractivity contribution in [3.05, 3.63) is 0 Å². The molecule has 1 heterocycles. The highest BCUT2D eigenvalue weighted by Gasteiger charge is 2.29. The third-order valence-corrected chi connectivity index (χ3v) is 3.00. The van der Waals surface area contributed by atoms with E-state index in [0.717, 1.165) is 12.8 Å². The number of piperidine rings is 1. The van der Waals surface area contributed by atoms with Crippen molar-refractivity contribution in [3.63, 3.8) is 0 Å². The molecule has 1 aliphatic heterocycles. The second kappa shape index (κ2) is 5.84. The minimum Gasteiger partial charge on any atom is -0.481 e. The van der Waals surface area contributed by atoms with Gasteiger partial charge >= 0.3 is 5.97 Å². The Morgan fingerprint density at radius 1 is 1.56 bits per heavy atom. The minimum atomic E-state index is -0.818. The van der Waals surface area contributed by atoms with Crippen LogP contribution in [0.3, 0.4) is 0 Å². The van der Waals surface area contributed by atoms with E-state index >= 15 is 0 Å². The van der Waals surface area contributed by atoms with Crippen LogP contribution in [0.25, 0.3) is 0 Å². The maximum atomic E-state index is 11.9. The van der Waals surface area contributed by atoms with E-state index < -0.39 is 17.9 Å². The molecule has 3 N–H and O–H groups in total. The number of hydrogen-bond donors (Lipinski definition) is 2. The summed E-state index contributed by atoms with van der Waals surface area (Å²) in [5.41, 5.74) is 5.74. The SMILES string of the molecule is CCC[C@H](N)C(=O)N1CCCC(C(=O)O)C1. The van der Waals surface area contributed by atoms with E-state index in [1.807, 2.05) is 6.92 Å². The second-order valence-electron chi connectivity index (χ2n) is 4.36. The Kier molecular flexibility index (Phi) is 4.73. The molecule has 2 atom stereocenters. The molecular formula is C11H20N2O3. The normalized spacial score (nSPS) is 22.9. The Morgan fingerprint density at radius 3 is 2.81 bits per heavy atom. The van der Waals surface area contributed by atoms with E-state index in [1.165, 1.54) is 0 Å². The summed E-state index contributed by atoms with van der Waals surface area (Å²) >= 11 is 0. The molecule has 16 heavy (non-hydrogen) atoms. The molecule has 1 unspecified atom stereocenters. The topological polar surface area (TPSA) is 83.6 Å². The summed E-state index contributed by atoms with van der Waals surface area (Å²) in [4.78, 5) is 24.3. The summed E-state index contributed by atoms with van der Waals surface area (Å²) in [6.07, 6.45) is 2.93. The lowest BCUT2D eigenvalue weighted by Crippen LogP contribution is -2.49. The van der Waals surface area contributed by atoms with Crippen molar-refractivity contribution in [2.75, 3.05) is 13.1 Å². The molecule has 1 aliphatic rings. The molecule has 5 nitrogen and oxygen atoms in total. The molecule has 0 aromatic heterocycles. The summed E-state index contributed by atoms with van der Waals surface area (Å²) in [5.74, 6) is -1.35. The fraction of sp³-hybridized carbons (Fsp3) is 0.818. The molecule has 5 heteroatoms. The fourth-order valence-electron chi connectivity index (χ4n) is 2.05. The predicted octanol–water partition coefficient (Wildman–Crippen LogP) is 0.437. The first-order chi connectivity index (χ1) is 7.56. The molecule has 0 aromatic rings. The van der Waals surface area contributed by atoms with Crippen LogP contribution in [0.4, 0.5) is 0 Å². The van der Waals surface area contributed by atoms with Crippen LogP contribution in [0.2, 0.25) is 0 Å². The third-order valence-electron chi connectivity index (χ3n) is 3.00. The van der Waals surface area contributed by atoms with E-state index in [-0.39, 0.29) is 5.91 Å². The van der Waals surface area contributed by atoms with Gasteiger partial charge in [0.25, 0.3) is 0 Å². The predicted molar refractivity (Wildman–Crippen MR) is 59.8 cm³/mol. The van der Waals surface area contributed by atoms with Gasteiger partial charge in [0, 0.05) is 13.1 Å². The first-order valence-corrected chi connectivity index (χ1v) is 5.83. The first kappa shape index (κ1) is 13.0. The highest BCUT2D eigenvalue weighted by molar-refractivity contribution is 5.82. The molecule has 1 fully saturated rings. The van der Waals surface area contributed by atoms with E-state index in [4.69, 9.17) is 10.8 Å². The molecule has 1 saturated heterocycles. The Morgan fingerprint density at radius 2 is 2.25 bits per heavy atom. The number of carbonyl (C=O) groups excluding carboxylic acids is 1. The van der Waals surface area contributed by atoms with Crippen molar-refractivity contribution in [1.29, 1.82) is 0 Å². The summed E-state index contributed by atoms with van der Waals surface area (Å²) in [6.45, 7) is 2.93. The number of carbonyl (C=O) groups is 2. The van der Waals surface area contributed by atoms with Gasteiger partial charge in [0.2, 0.25) is 5.91 Å². The second-order valence-corrected chi connectivity index (χ2v) is 4.36. The molecule has 92 valence electrons. The van der Waals surface area contributed by atoms with Gasteiger partial charge in [-0.3, -0.25) is 9.59 Å². The van der Waals surface area contributed by atoms with Crippen LogP contribution in [0.15, 0.2) is 0 Å². The summed E-state index contributed by atoms with van der Waals surface area (Å²) in [7, 11) is 0. The lowest BCUT2D eigenvalue weighted by Gasteiger charge is -2.32. The number of nitrogens with zero attached hydrogens (tertiary/aromatic N) is 1. The van der Waals surface area contributed by atoms with E-state index in [2.05, 4.69) is 0 Å². The molecular weight excluding hydrogens is 208 g/mol. The van der Waals surface area contributed by atoms with E-state index in [9.17, 15) is 9.59 Å². The number of amides is 1. The minimum absolute atomic E-state index is 0.104. The van der Waals surface area contributed by atoms with Gasteiger partial charge in [-0.25, -0.2) is 0 Å². The van der Waals surface area contributed by atoms with Crippen LogP contribution in [-0.2, 0) is 9.59 Å². The maximum Gasteiger partial charge on any atom is 0.308 e. The van der Waals surface area contributed by atoms with Gasteiger partial charge in [0.05, 0.1) is 12.0 Å². The molecule has 1 amide bonds. The van der Waals surface area contributed by atoms with Crippen molar-refractivity contribution in [2.45, 2.75) is 38.6 Å². The highest BCUT2D eigenvalue weighted by Crippen LogP contribution is 2.17. The van der Waals surface area contributed by atoms with Gasteiger partial charge in [-0.1, -0.05) is 13.3 Å². The molecule has 0 saturated carbocycles. The average Bonchev–Trinajstić information content (AvgIpc) is 2.28. The average molecular weight is 228 g/mol. The van der Waals surface area contributed by atoms with Crippen molar-refractivity contribution < 1.29 is 14.7 Å². The lowest BCUT2D eigenvalue weighted by atomic mass is 9.97. The van der Waals surface area contributed by atoms with Crippen LogP contribution in [0, 0.1) is 5.92 Å². The number of carboxylic acid groups (broad SMARTS) is 1. The van der Waals surface area contributed by atoms with Crippen molar-refractivity contribution in [2.24, 2.45) is 11.7 Å².